The number of likely N-dealkylation sites (tertiary alicyclic amines) is 1. The molecule has 11 heteroatoms. The number of piperidine rings is 2. The highest BCUT2D eigenvalue weighted by Crippen LogP contribution is 2.30. The first kappa shape index (κ1) is 29.0. The molecule has 4 heterocycles. The summed E-state index contributed by atoms with van der Waals surface area (Å²) in [5.41, 5.74) is 3.94. The molecule has 0 saturated carbocycles. The van der Waals surface area contributed by atoms with Crippen molar-refractivity contribution in [3.8, 4) is 11.8 Å². The maximum atomic E-state index is 13.5. The second kappa shape index (κ2) is 11.9. The summed E-state index contributed by atoms with van der Waals surface area (Å²) in [5, 5.41) is 7.75. The number of nitrogens with one attached hydrogen (secondary N) is 1. The highest BCUT2D eigenvalue weighted by Gasteiger charge is 2.39. The standard InChI is InChI=1S/C32H29Cl2N5O4/c1-19-28(29(34)39(36-19)17-22-5-2-3-8-25(22)33)32(43)37-15-13-20(14-16-37)9-10-21-6-4-7-23-24(21)18-38(31(23)42)26-11-12-27(40)35-30(26)41/h2-8,20,26H,11-18H2,1H3,(H,35,40,41). The Morgan fingerprint density at radius 2 is 1.81 bits per heavy atom. The molecule has 0 radical (unpaired) electrons. The lowest BCUT2D eigenvalue weighted by Crippen LogP contribution is -2.52. The SMILES string of the molecule is Cc1nn(Cc2ccccc2Cl)c(Cl)c1C(=O)N1CCC(C#Cc2cccc3c2CN(C2CCC(=O)NC2=O)C3=O)CC1. The van der Waals surface area contributed by atoms with Gasteiger partial charge in [0.05, 0.1) is 17.8 Å². The zero-order valence-corrected chi connectivity index (χ0v) is 25.0. The van der Waals surface area contributed by atoms with Crippen molar-refractivity contribution in [2.45, 2.75) is 51.7 Å². The molecular weight excluding hydrogens is 589 g/mol. The maximum Gasteiger partial charge on any atom is 0.258 e. The van der Waals surface area contributed by atoms with Crippen molar-refractivity contribution in [2.75, 3.05) is 13.1 Å². The molecule has 0 aliphatic carbocycles. The van der Waals surface area contributed by atoms with E-state index < -0.39 is 11.9 Å². The monoisotopic (exact) mass is 617 g/mol. The van der Waals surface area contributed by atoms with Crippen molar-refractivity contribution in [3.63, 3.8) is 0 Å². The Hall–Kier alpha value is -4.13. The first-order valence-corrected chi connectivity index (χ1v) is 15.0. The minimum absolute atomic E-state index is 0.0859. The zero-order valence-electron chi connectivity index (χ0n) is 23.5. The number of hydrogen-bond acceptors (Lipinski definition) is 5. The quantitative estimate of drug-likeness (QED) is 0.349. The van der Waals surface area contributed by atoms with E-state index in [2.05, 4.69) is 22.3 Å². The lowest BCUT2D eigenvalue weighted by Gasteiger charge is -2.30. The number of carbonyl (C=O) groups is 4. The second-order valence-electron chi connectivity index (χ2n) is 11.1. The fourth-order valence-corrected chi connectivity index (χ4v) is 6.47. The number of fused-ring (bicyclic) bond motifs is 1. The predicted octanol–water partition coefficient (Wildman–Crippen LogP) is 4.21. The van der Waals surface area contributed by atoms with Crippen LogP contribution in [0, 0.1) is 24.7 Å². The Balaban J connectivity index is 1.11. The van der Waals surface area contributed by atoms with E-state index in [9.17, 15) is 19.2 Å². The zero-order chi connectivity index (χ0) is 30.2. The van der Waals surface area contributed by atoms with Crippen molar-refractivity contribution in [1.82, 2.24) is 24.9 Å². The van der Waals surface area contributed by atoms with Gasteiger partial charge in [-0.2, -0.15) is 5.10 Å². The molecule has 3 aromatic rings. The Bertz CT molecular complexity index is 1710. The Labute approximate surface area is 259 Å². The van der Waals surface area contributed by atoms with Crippen LogP contribution in [0.3, 0.4) is 0 Å². The van der Waals surface area contributed by atoms with Gasteiger partial charge in [0.15, 0.2) is 0 Å². The molecule has 1 N–H and O–H groups in total. The molecule has 2 fully saturated rings. The molecular formula is C32H29Cl2N5O4. The van der Waals surface area contributed by atoms with Crippen molar-refractivity contribution >= 4 is 46.8 Å². The van der Waals surface area contributed by atoms with Gasteiger partial charge < -0.3 is 9.80 Å². The van der Waals surface area contributed by atoms with E-state index >= 15 is 0 Å². The van der Waals surface area contributed by atoms with E-state index in [4.69, 9.17) is 23.2 Å². The highest BCUT2D eigenvalue weighted by molar-refractivity contribution is 6.33. The smallest absolute Gasteiger partial charge is 0.258 e. The number of benzene rings is 2. The molecule has 3 aliphatic heterocycles. The van der Waals surface area contributed by atoms with Crippen molar-refractivity contribution in [2.24, 2.45) is 5.92 Å². The first-order valence-electron chi connectivity index (χ1n) is 14.2. The van der Waals surface area contributed by atoms with E-state index in [1.165, 1.54) is 4.90 Å². The molecule has 1 atom stereocenters. The fraction of sp³-hybridized carbons (Fsp3) is 0.344. The third-order valence-electron chi connectivity index (χ3n) is 8.33. The third-order valence-corrected chi connectivity index (χ3v) is 9.09. The molecule has 3 aliphatic rings. The van der Waals surface area contributed by atoms with Gasteiger partial charge in [-0.1, -0.05) is 59.3 Å². The van der Waals surface area contributed by atoms with E-state index in [-0.39, 0.29) is 36.6 Å². The van der Waals surface area contributed by atoms with Crippen LogP contribution in [0.5, 0.6) is 0 Å². The van der Waals surface area contributed by atoms with Crippen LogP contribution in [-0.4, -0.2) is 62.3 Å². The van der Waals surface area contributed by atoms with Gasteiger partial charge in [-0.3, -0.25) is 24.5 Å². The van der Waals surface area contributed by atoms with Crippen LogP contribution < -0.4 is 5.32 Å². The molecule has 43 heavy (non-hydrogen) atoms. The number of halogens is 2. The molecule has 0 bridgehead atoms. The molecule has 6 rings (SSSR count). The molecule has 2 aromatic carbocycles. The minimum Gasteiger partial charge on any atom is -0.338 e. The molecule has 220 valence electrons. The maximum absolute atomic E-state index is 13.5. The molecule has 1 aromatic heterocycles. The van der Waals surface area contributed by atoms with Gasteiger partial charge in [0.1, 0.15) is 11.2 Å². The molecule has 2 saturated heterocycles. The second-order valence-corrected chi connectivity index (χ2v) is 11.8. The largest absolute Gasteiger partial charge is 0.338 e. The number of aromatic nitrogens is 2. The van der Waals surface area contributed by atoms with Crippen molar-refractivity contribution in [3.05, 3.63) is 86.2 Å². The number of carbonyl (C=O) groups excluding carboxylic acids is 4. The van der Waals surface area contributed by atoms with Gasteiger partial charge in [-0.25, -0.2) is 4.68 Å². The first-order chi connectivity index (χ1) is 20.7. The summed E-state index contributed by atoms with van der Waals surface area (Å²) in [6.45, 7) is 3.51. The summed E-state index contributed by atoms with van der Waals surface area (Å²) in [5.74, 6) is 5.60. The Morgan fingerprint density at radius 1 is 1.05 bits per heavy atom. The fourth-order valence-electron chi connectivity index (χ4n) is 5.96. The van der Waals surface area contributed by atoms with Crippen LogP contribution in [0.15, 0.2) is 42.5 Å². The highest BCUT2D eigenvalue weighted by atomic mass is 35.5. The summed E-state index contributed by atoms with van der Waals surface area (Å²) in [4.78, 5) is 53.9. The van der Waals surface area contributed by atoms with Crippen molar-refractivity contribution < 1.29 is 19.2 Å². The normalized spacial score (nSPS) is 18.8. The van der Waals surface area contributed by atoms with Gasteiger partial charge >= 0.3 is 0 Å². The summed E-state index contributed by atoms with van der Waals surface area (Å²) < 4.78 is 1.61. The third kappa shape index (κ3) is 5.65. The number of rotatable bonds is 4. The Kier molecular flexibility index (Phi) is 7.99. The minimum atomic E-state index is -0.666. The predicted molar refractivity (Wildman–Crippen MR) is 161 cm³/mol. The lowest BCUT2D eigenvalue weighted by molar-refractivity contribution is -0.136. The molecule has 1 unspecified atom stereocenters. The van der Waals surface area contributed by atoms with Gasteiger partial charge in [0, 0.05) is 48.1 Å². The van der Waals surface area contributed by atoms with Gasteiger partial charge in [-0.15, -0.1) is 0 Å². The van der Waals surface area contributed by atoms with Gasteiger partial charge in [0.25, 0.3) is 11.8 Å². The summed E-state index contributed by atoms with van der Waals surface area (Å²) in [7, 11) is 0. The topological polar surface area (TPSA) is 105 Å². The number of amides is 4. The average Bonchev–Trinajstić information content (AvgIpc) is 3.47. The summed E-state index contributed by atoms with van der Waals surface area (Å²) in [6, 6.07) is 12.2. The number of imide groups is 1. The van der Waals surface area contributed by atoms with E-state index in [1.54, 1.807) is 34.7 Å². The summed E-state index contributed by atoms with van der Waals surface area (Å²) >= 11 is 13.0. The van der Waals surface area contributed by atoms with E-state index in [0.717, 1.165) is 16.7 Å². The molecule has 4 amide bonds. The van der Waals surface area contributed by atoms with Crippen LogP contribution >= 0.6 is 23.2 Å². The average molecular weight is 619 g/mol. The van der Waals surface area contributed by atoms with Crippen LogP contribution in [0.1, 0.15) is 68.8 Å². The van der Waals surface area contributed by atoms with Gasteiger partial charge in [0.2, 0.25) is 11.8 Å². The lowest BCUT2D eigenvalue weighted by atomic mass is 9.95. The van der Waals surface area contributed by atoms with E-state index in [1.807, 2.05) is 24.3 Å². The van der Waals surface area contributed by atoms with Crippen LogP contribution in [-0.2, 0) is 22.7 Å². The Morgan fingerprint density at radius 3 is 2.56 bits per heavy atom. The summed E-state index contributed by atoms with van der Waals surface area (Å²) in [6.07, 6.45) is 1.94. The number of hydrogen-bond donors (Lipinski definition) is 1. The van der Waals surface area contributed by atoms with Gasteiger partial charge in [-0.05, 0) is 55.5 Å². The van der Waals surface area contributed by atoms with Crippen LogP contribution in [0.4, 0.5) is 0 Å². The van der Waals surface area contributed by atoms with Crippen LogP contribution in [0.25, 0.3) is 0 Å². The number of aryl methyl sites for hydroxylation is 1. The molecule has 0 spiro atoms. The number of nitrogens with zero attached hydrogens (tertiary/aromatic N) is 4. The van der Waals surface area contributed by atoms with Crippen molar-refractivity contribution in [1.29, 1.82) is 0 Å². The van der Waals surface area contributed by atoms with E-state index in [0.29, 0.717) is 65.9 Å². The van der Waals surface area contributed by atoms with Crippen LogP contribution in [0.2, 0.25) is 10.2 Å². The molecule has 9 nitrogen and oxygen atoms in total.